The Morgan fingerprint density at radius 1 is 1.07 bits per heavy atom. The Kier molecular flexibility index (Phi) is 3.93. The van der Waals surface area contributed by atoms with Gasteiger partial charge in [-0.15, -0.1) is 0 Å². The first-order valence-corrected chi connectivity index (χ1v) is 9.23. The van der Waals surface area contributed by atoms with E-state index in [1.807, 2.05) is 6.92 Å². The van der Waals surface area contributed by atoms with Crippen molar-refractivity contribution in [3.63, 3.8) is 0 Å². The summed E-state index contributed by atoms with van der Waals surface area (Å²) in [7, 11) is 0. The molecule has 0 unspecified atom stereocenters. The van der Waals surface area contributed by atoms with Crippen LogP contribution in [0.3, 0.4) is 0 Å². The summed E-state index contributed by atoms with van der Waals surface area (Å²) in [6.07, 6.45) is 3.15. The number of benzene rings is 2. The fourth-order valence-corrected chi connectivity index (χ4v) is 3.70. The first-order valence-electron chi connectivity index (χ1n) is 9.23. The van der Waals surface area contributed by atoms with Crippen LogP contribution in [0.15, 0.2) is 71.8 Å². The normalized spacial score (nSPS) is 11.1. The van der Waals surface area contributed by atoms with E-state index in [4.69, 9.17) is 0 Å². The van der Waals surface area contributed by atoms with Crippen molar-refractivity contribution in [2.24, 2.45) is 0 Å². The van der Waals surface area contributed by atoms with Crippen LogP contribution in [0.5, 0.6) is 0 Å². The lowest BCUT2D eigenvalue weighted by Crippen LogP contribution is -2.19. The second-order valence-electron chi connectivity index (χ2n) is 6.88. The topological polar surface area (TPSA) is 76.0 Å². The minimum Gasteiger partial charge on any atom is -0.282 e. The van der Waals surface area contributed by atoms with Crippen molar-refractivity contribution >= 4 is 16.6 Å². The van der Waals surface area contributed by atoms with Crippen molar-refractivity contribution in [1.82, 2.24) is 19.2 Å². The molecule has 5 rings (SSSR count). The number of halogens is 1. The molecule has 5 aromatic rings. The highest BCUT2D eigenvalue weighted by molar-refractivity contribution is 5.86. The standard InChI is InChI=1S/C23H14FN5O/c1-14-21(15-6-8-17(24)9-7-15)22-26-13-18-20(29(22)27-14)10-11-28(23(18)30)19-5-3-2-4-16(19)12-25/h2-11,13H,1H3. The highest BCUT2D eigenvalue weighted by atomic mass is 19.1. The zero-order chi connectivity index (χ0) is 20.8. The number of hydrogen-bond donors (Lipinski definition) is 0. The second-order valence-corrected chi connectivity index (χ2v) is 6.88. The van der Waals surface area contributed by atoms with Gasteiger partial charge in [-0.05, 0) is 42.8 Å². The minimum absolute atomic E-state index is 0.291. The van der Waals surface area contributed by atoms with Crippen LogP contribution in [0.2, 0.25) is 0 Å². The molecule has 0 aliphatic heterocycles. The van der Waals surface area contributed by atoms with E-state index in [2.05, 4.69) is 16.2 Å². The molecule has 0 atom stereocenters. The largest absolute Gasteiger partial charge is 0.282 e. The fraction of sp³-hybridized carbons (Fsp3) is 0.0435. The van der Waals surface area contributed by atoms with Crippen molar-refractivity contribution in [2.75, 3.05) is 0 Å². The van der Waals surface area contributed by atoms with Crippen LogP contribution in [0.25, 0.3) is 33.4 Å². The predicted molar refractivity (Wildman–Crippen MR) is 111 cm³/mol. The van der Waals surface area contributed by atoms with Crippen molar-refractivity contribution in [1.29, 1.82) is 5.26 Å². The number of nitriles is 1. The van der Waals surface area contributed by atoms with E-state index in [1.165, 1.54) is 22.9 Å². The van der Waals surface area contributed by atoms with Crippen LogP contribution in [-0.4, -0.2) is 19.2 Å². The Labute approximate surface area is 170 Å². The molecule has 0 saturated carbocycles. The first kappa shape index (κ1) is 17.8. The summed E-state index contributed by atoms with van der Waals surface area (Å²) in [5.41, 5.74) is 4.12. The van der Waals surface area contributed by atoms with Crippen molar-refractivity contribution in [3.8, 4) is 22.9 Å². The highest BCUT2D eigenvalue weighted by Gasteiger charge is 2.17. The molecule has 7 heteroatoms. The van der Waals surface area contributed by atoms with Gasteiger partial charge in [0.25, 0.3) is 5.56 Å². The van der Waals surface area contributed by atoms with E-state index in [1.54, 1.807) is 53.2 Å². The van der Waals surface area contributed by atoms with E-state index in [0.29, 0.717) is 27.8 Å². The number of rotatable bonds is 2. The molecule has 0 N–H and O–H groups in total. The molecule has 0 saturated heterocycles. The number of aromatic nitrogens is 4. The molecule has 6 nitrogen and oxygen atoms in total. The van der Waals surface area contributed by atoms with Gasteiger partial charge in [0.1, 0.15) is 11.9 Å². The Balaban J connectivity index is 1.78. The summed E-state index contributed by atoms with van der Waals surface area (Å²) in [6.45, 7) is 1.85. The lowest BCUT2D eigenvalue weighted by atomic mass is 10.1. The zero-order valence-electron chi connectivity index (χ0n) is 15.9. The summed E-state index contributed by atoms with van der Waals surface area (Å²) in [5.74, 6) is -0.315. The molecule has 3 aromatic heterocycles. The summed E-state index contributed by atoms with van der Waals surface area (Å²) in [4.78, 5) is 17.7. The van der Waals surface area contributed by atoms with E-state index >= 15 is 0 Å². The summed E-state index contributed by atoms with van der Waals surface area (Å²) in [5, 5.41) is 14.3. The maximum Gasteiger partial charge on any atom is 0.266 e. The second kappa shape index (κ2) is 6.64. The van der Waals surface area contributed by atoms with Crippen molar-refractivity contribution in [3.05, 3.63) is 94.4 Å². The monoisotopic (exact) mass is 395 g/mol. The Morgan fingerprint density at radius 3 is 2.60 bits per heavy atom. The van der Waals surface area contributed by atoms with Gasteiger partial charge in [-0.1, -0.05) is 24.3 Å². The molecule has 0 aliphatic rings. The molecule has 0 fully saturated rings. The first-order chi connectivity index (χ1) is 14.6. The molecule has 0 bridgehead atoms. The van der Waals surface area contributed by atoms with Gasteiger partial charge in [0.15, 0.2) is 5.65 Å². The lowest BCUT2D eigenvalue weighted by molar-refractivity contribution is 0.628. The Bertz CT molecular complexity index is 1540. The van der Waals surface area contributed by atoms with Gasteiger partial charge in [0, 0.05) is 18.0 Å². The lowest BCUT2D eigenvalue weighted by Gasteiger charge is -2.09. The van der Waals surface area contributed by atoms with Crippen LogP contribution in [0.4, 0.5) is 4.39 Å². The molecule has 2 aromatic carbocycles. The zero-order valence-corrected chi connectivity index (χ0v) is 15.9. The van der Waals surface area contributed by atoms with E-state index in [9.17, 15) is 14.4 Å². The summed E-state index contributed by atoms with van der Waals surface area (Å²) < 4.78 is 16.4. The molecule has 30 heavy (non-hydrogen) atoms. The van der Waals surface area contributed by atoms with Gasteiger partial charge in [-0.2, -0.15) is 10.4 Å². The van der Waals surface area contributed by atoms with Crippen LogP contribution in [-0.2, 0) is 0 Å². The number of aryl methyl sites for hydroxylation is 1. The number of nitrogens with zero attached hydrogens (tertiary/aromatic N) is 5. The van der Waals surface area contributed by atoms with Gasteiger partial charge < -0.3 is 0 Å². The molecule has 144 valence electrons. The van der Waals surface area contributed by atoms with Gasteiger partial charge in [0.2, 0.25) is 0 Å². The summed E-state index contributed by atoms with van der Waals surface area (Å²) >= 11 is 0. The Morgan fingerprint density at radius 2 is 1.83 bits per heavy atom. The van der Waals surface area contributed by atoms with Gasteiger partial charge >= 0.3 is 0 Å². The SMILES string of the molecule is Cc1nn2c(ncc3c(=O)n(-c4ccccc4C#N)ccc32)c1-c1ccc(F)cc1. The van der Waals surface area contributed by atoms with Gasteiger partial charge in [0.05, 0.1) is 27.8 Å². The third kappa shape index (κ3) is 2.58. The average Bonchev–Trinajstić information content (AvgIpc) is 3.11. The maximum absolute atomic E-state index is 13.3. The molecule has 3 heterocycles. The van der Waals surface area contributed by atoms with Crippen LogP contribution < -0.4 is 5.56 Å². The van der Waals surface area contributed by atoms with E-state index in [0.717, 1.165) is 16.8 Å². The van der Waals surface area contributed by atoms with E-state index in [-0.39, 0.29) is 11.4 Å². The predicted octanol–water partition coefficient (Wildman–Crippen LogP) is 4.02. The molecular weight excluding hydrogens is 381 g/mol. The third-order valence-corrected chi connectivity index (χ3v) is 5.10. The summed E-state index contributed by atoms with van der Waals surface area (Å²) in [6, 6.07) is 17.0. The Hall–Kier alpha value is -4.31. The maximum atomic E-state index is 13.3. The molecule has 0 radical (unpaired) electrons. The van der Waals surface area contributed by atoms with Crippen LogP contribution in [0.1, 0.15) is 11.3 Å². The molecular formula is C23H14FN5O. The number of pyridine rings is 1. The number of fused-ring (bicyclic) bond motifs is 3. The number of para-hydroxylation sites is 1. The minimum atomic E-state index is -0.315. The molecule has 0 aliphatic carbocycles. The third-order valence-electron chi connectivity index (χ3n) is 5.10. The highest BCUT2D eigenvalue weighted by Crippen LogP contribution is 2.28. The average molecular weight is 395 g/mol. The van der Waals surface area contributed by atoms with Crippen LogP contribution >= 0.6 is 0 Å². The van der Waals surface area contributed by atoms with Gasteiger partial charge in [-0.3, -0.25) is 9.36 Å². The quantitative estimate of drug-likeness (QED) is 0.452. The van der Waals surface area contributed by atoms with E-state index < -0.39 is 0 Å². The van der Waals surface area contributed by atoms with Gasteiger partial charge in [-0.25, -0.2) is 13.9 Å². The smallest absolute Gasteiger partial charge is 0.266 e. The van der Waals surface area contributed by atoms with Crippen molar-refractivity contribution in [2.45, 2.75) is 6.92 Å². The van der Waals surface area contributed by atoms with Crippen molar-refractivity contribution < 1.29 is 4.39 Å². The van der Waals surface area contributed by atoms with Crippen LogP contribution in [0, 0.1) is 24.1 Å². The fourth-order valence-electron chi connectivity index (χ4n) is 3.70. The molecule has 0 spiro atoms. The number of hydrogen-bond acceptors (Lipinski definition) is 4. The molecule has 0 amide bonds.